The Morgan fingerprint density at radius 2 is 1.35 bits per heavy atom. The van der Waals surface area contributed by atoms with E-state index in [4.69, 9.17) is 9.47 Å². The van der Waals surface area contributed by atoms with Crippen molar-refractivity contribution in [3.8, 4) is 0 Å². The van der Waals surface area contributed by atoms with Gasteiger partial charge in [0.2, 0.25) is 0 Å². The highest BCUT2D eigenvalue weighted by molar-refractivity contribution is 5.80. The Balaban J connectivity index is 1.77. The average molecular weight is 304 g/mol. The summed E-state index contributed by atoms with van der Waals surface area (Å²) in [5.74, 6) is -0.389. The molecule has 2 saturated heterocycles. The summed E-state index contributed by atoms with van der Waals surface area (Å²) in [5, 5.41) is 0. The Morgan fingerprint density at radius 1 is 0.783 bits per heavy atom. The minimum Gasteiger partial charge on any atom is -0.448 e. The molecule has 2 aromatic carbocycles. The Bertz CT molecular complexity index is 742. The molecule has 3 heteroatoms. The monoisotopic (exact) mass is 304 g/mol. The second-order valence-electron chi connectivity index (χ2n) is 6.39. The van der Waals surface area contributed by atoms with E-state index in [1.165, 1.54) is 0 Å². The lowest BCUT2D eigenvalue weighted by molar-refractivity contribution is -0.152. The van der Waals surface area contributed by atoms with Crippen molar-refractivity contribution in [2.75, 3.05) is 0 Å². The number of cyclic esters (lactones) is 1. The summed E-state index contributed by atoms with van der Waals surface area (Å²) >= 11 is 0. The van der Waals surface area contributed by atoms with E-state index < -0.39 is 5.60 Å². The molecule has 0 N–H and O–H groups in total. The van der Waals surface area contributed by atoms with Crippen LogP contribution >= 0.6 is 0 Å². The molecule has 0 aromatic heterocycles. The van der Waals surface area contributed by atoms with Gasteiger partial charge in [0.15, 0.2) is 5.60 Å². The van der Waals surface area contributed by atoms with Crippen molar-refractivity contribution in [2.24, 2.45) is 11.8 Å². The molecule has 2 fully saturated rings. The molecule has 23 heavy (non-hydrogen) atoms. The largest absolute Gasteiger partial charge is 0.448 e. The molecular weight excluding hydrogens is 288 g/mol. The Labute approximate surface area is 134 Å². The van der Waals surface area contributed by atoms with Gasteiger partial charge in [-0.25, -0.2) is 0 Å². The molecule has 3 heterocycles. The van der Waals surface area contributed by atoms with Crippen molar-refractivity contribution in [3.63, 3.8) is 0 Å². The molecule has 3 aliphatic rings. The topological polar surface area (TPSA) is 35.5 Å². The summed E-state index contributed by atoms with van der Waals surface area (Å²) in [7, 11) is 0. The van der Waals surface area contributed by atoms with Crippen molar-refractivity contribution in [1.29, 1.82) is 0 Å². The highest BCUT2D eigenvalue weighted by Gasteiger charge is 2.67. The van der Waals surface area contributed by atoms with Crippen molar-refractivity contribution in [3.05, 3.63) is 83.9 Å². The fraction of sp³-hybridized carbons (Fsp3) is 0.250. The summed E-state index contributed by atoms with van der Waals surface area (Å²) in [4.78, 5) is 12.7. The van der Waals surface area contributed by atoms with E-state index in [9.17, 15) is 4.79 Å². The Morgan fingerprint density at radius 3 is 1.96 bits per heavy atom. The van der Waals surface area contributed by atoms with Crippen LogP contribution in [0.4, 0.5) is 0 Å². The number of carbonyl (C=O) groups excluding carboxylic acids is 1. The summed E-state index contributed by atoms with van der Waals surface area (Å²) < 4.78 is 12.1. The number of fused-ring (bicyclic) bond motifs is 5. The van der Waals surface area contributed by atoms with Crippen LogP contribution in [0.5, 0.6) is 0 Å². The van der Waals surface area contributed by atoms with E-state index in [0.717, 1.165) is 11.1 Å². The van der Waals surface area contributed by atoms with Crippen LogP contribution in [0.25, 0.3) is 0 Å². The van der Waals surface area contributed by atoms with Gasteiger partial charge in [-0.05, 0) is 0 Å². The molecular formula is C20H16O3. The van der Waals surface area contributed by atoms with Gasteiger partial charge < -0.3 is 9.47 Å². The second-order valence-corrected chi connectivity index (χ2v) is 6.39. The maximum absolute atomic E-state index is 12.7. The third-order valence-corrected chi connectivity index (χ3v) is 5.31. The SMILES string of the molecule is O=C1OC(c2ccccc2)(c2ccccc2)C2C3C=CC(O3)C12. The normalized spacial score (nSPS) is 32.8. The molecule has 4 unspecified atom stereocenters. The van der Waals surface area contributed by atoms with E-state index in [2.05, 4.69) is 6.08 Å². The zero-order chi connectivity index (χ0) is 15.4. The van der Waals surface area contributed by atoms with Crippen molar-refractivity contribution in [2.45, 2.75) is 17.8 Å². The number of carbonyl (C=O) groups is 1. The smallest absolute Gasteiger partial charge is 0.313 e. The van der Waals surface area contributed by atoms with E-state index in [1.807, 2.05) is 66.7 Å². The van der Waals surface area contributed by atoms with Crippen LogP contribution in [0, 0.1) is 11.8 Å². The number of rotatable bonds is 2. The first-order valence-electron chi connectivity index (χ1n) is 7.98. The summed E-state index contributed by atoms with van der Waals surface area (Å²) in [6.07, 6.45) is 3.86. The summed E-state index contributed by atoms with van der Waals surface area (Å²) in [6, 6.07) is 20.1. The molecule has 114 valence electrons. The van der Waals surface area contributed by atoms with Crippen molar-refractivity contribution in [1.82, 2.24) is 0 Å². The van der Waals surface area contributed by atoms with E-state index >= 15 is 0 Å². The van der Waals surface area contributed by atoms with Gasteiger partial charge in [0.1, 0.15) is 0 Å². The van der Waals surface area contributed by atoms with Gasteiger partial charge in [0, 0.05) is 11.1 Å². The Kier molecular flexibility index (Phi) is 2.59. The summed E-state index contributed by atoms with van der Waals surface area (Å²) in [5.41, 5.74) is 1.25. The molecule has 0 saturated carbocycles. The number of hydrogen-bond acceptors (Lipinski definition) is 3. The van der Waals surface area contributed by atoms with Crippen LogP contribution in [0.3, 0.4) is 0 Å². The maximum atomic E-state index is 12.7. The number of hydrogen-bond donors (Lipinski definition) is 0. The molecule has 2 aromatic rings. The van der Waals surface area contributed by atoms with E-state index in [-0.39, 0.29) is 30.0 Å². The van der Waals surface area contributed by atoms with Gasteiger partial charge in [-0.1, -0.05) is 72.8 Å². The highest BCUT2D eigenvalue weighted by Crippen LogP contribution is 2.58. The predicted octanol–water partition coefficient (Wildman–Crippen LogP) is 3.06. The highest BCUT2D eigenvalue weighted by atomic mass is 16.6. The lowest BCUT2D eigenvalue weighted by atomic mass is 9.69. The minimum absolute atomic E-state index is 0.0187. The number of esters is 1. The molecule has 5 rings (SSSR count). The van der Waals surface area contributed by atoms with Crippen LogP contribution in [0.1, 0.15) is 11.1 Å². The zero-order valence-electron chi connectivity index (χ0n) is 12.5. The van der Waals surface area contributed by atoms with Gasteiger partial charge in [0.05, 0.1) is 24.0 Å². The fourth-order valence-electron chi connectivity index (χ4n) is 4.41. The van der Waals surface area contributed by atoms with Gasteiger partial charge in [0.25, 0.3) is 0 Å². The van der Waals surface area contributed by atoms with Crippen LogP contribution in [0.2, 0.25) is 0 Å². The average Bonchev–Trinajstić information content (AvgIpc) is 3.29. The van der Waals surface area contributed by atoms with Crippen LogP contribution in [-0.4, -0.2) is 18.2 Å². The third-order valence-electron chi connectivity index (χ3n) is 5.31. The minimum atomic E-state index is -0.769. The molecule has 0 spiro atoms. The molecule has 2 bridgehead atoms. The van der Waals surface area contributed by atoms with E-state index in [0.29, 0.717) is 0 Å². The first-order chi connectivity index (χ1) is 11.3. The molecule has 0 amide bonds. The van der Waals surface area contributed by atoms with Gasteiger partial charge >= 0.3 is 5.97 Å². The van der Waals surface area contributed by atoms with Crippen LogP contribution in [-0.2, 0) is 19.9 Å². The fourth-order valence-corrected chi connectivity index (χ4v) is 4.41. The lowest BCUT2D eigenvalue weighted by Gasteiger charge is -2.36. The van der Waals surface area contributed by atoms with Crippen molar-refractivity contribution >= 4 is 5.97 Å². The number of benzene rings is 2. The van der Waals surface area contributed by atoms with Gasteiger partial charge in [-0.2, -0.15) is 0 Å². The predicted molar refractivity (Wildman–Crippen MR) is 84.5 cm³/mol. The molecule has 0 radical (unpaired) electrons. The zero-order valence-corrected chi connectivity index (χ0v) is 12.5. The number of ether oxygens (including phenoxy) is 2. The third kappa shape index (κ3) is 1.60. The van der Waals surface area contributed by atoms with Gasteiger partial charge in [-0.3, -0.25) is 4.79 Å². The Hall–Kier alpha value is -2.39. The molecule has 3 nitrogen and oxygen atoms in total. The molecule has 3 aliphatic heterocycles. The first kappa shape index (κ1) is 13.1. The lowest BCUT2D eigenvalue weighted by Crippen LogP contribution is -2.40. The van der Waals surface area contributed by atoms with Crippen LogP contribution in [0.15, 0.2) is 72.8 Å². The second kappa shape index (κ2) is 4.56. The quantitative estimate of drug-likeness (QED) is 0.632. The first-order valence-corrected chi connectivity index (χ1v) is 7.98. The van der Waals surface area contributed by atoms with Crippen molar-refractivity contribution < 1.29 is 14.3 Å². The molecule has 4 atom stereocenters. The maximum Gasteiger partial charge on any atom is 0.313 e. The van der Waals surface area contributed by atoms with Crippen LogP contribution < -0.4 is 0 Å². The standard InChI is InChI=1S/C20H16O3/c21-19-17-15-11-12-16(22-15)18(17)20(23-19,13-7-3-1-4-8-13)14-9-5-2-6-10-14/h1-12,15-18H. The summed E-state index contributed by atoms with van der Waals surface area (Å²) in [6.45, 7) is 0. The van der Waals surface area contributed by atoms with Gasteiger partial charge in [-0.15, -0.1) is 0 Å². The van der Waals surface area contributed by atoms with E-state index in [1.54, 1.807) is 0 Å². The molecule has 0 aliphatic carbocycles.